The Kier molecular flexibility index (Phi) is 5.73. The molecule has 0 spiro atoms. The van der Waals surface area contributed by atoms with Gasteiger partial charge in [-0.05, 0) is 12.1 Å². The summed E-state index contributed by atoms with van der Waals surface area (Å²) in [4.78, 5) is 11.9. The molecule has 2 rings (SSSR count). The lowest BCUT2D eigenvalue weighted by Crippen LogP contribution is -2.23. The summed E-state index contributed by atoms with van der Waals surface area (Å²) in [6.07, 6.45) is 1.53. The lowest BCUT2D eigenvalue weighted by molar-refractivity contribution is 0.0955. The number of nitrogens with zero attached hydrogens (tertiary/aromatic N) is 2. The number of methoxy groups -OCH3 is 1. The van der Waals surface area contributed by atoms with Crippen LogP contribution in [0.2, 0.25) is 0 Å². The van der Waals surface area contributed by atoms with E-state index in [1.165, 1.54) is 24.1 Å². The normalized spacial score (nSPS) is 9.83. The molecule has 24 heavy (non-hydrogen) atoms. The van der Waals surface area contributed by atoms with Crippen molar-refractivity contribution in [1.29, 1.82) is 0 Å². The molecule has 0 radical (unpaired) electrons. The maximum absolute atomic E-state index is 13.3. The van der Waals surface area contributed by atoms with E-state index < -0.39 is 11.6 Å². The van der Waals surface area contributed by atoms with Crippen molar-refractivity contribution in [3.05, 3.63) is 41.6 Å². The Hall–Kier alpha value is -3.08. The maximum atomic E-state index is 13.3. The topological polar surface area (TPSA) is 65.4 Å². The molecule has 8 heteroatoms. The SMILES string of the molecule is COc1nn(C)cc1C(=O)NCC#CCOc1ccc(F)cc1F. The van der Waals surface area contributed by atoms with Crippen molar-refractivity contribution >= 4 is 5.91 Å². The van der Waals surface area contributed by atoms with Crippen LogP contribution in [0.25, 0.3) is 0 Å². The van der Waals surface area contributed by atoms with Gasteiger partial charge in [0.2, 0.25) is 5.88 Å². The standard InChI is InChI=1S/C16H15F2N3O3/c1-21-10-12(16(20-21)23-2)15(22)19-7-3-4-8-24-14-6-5-11(17)9-13(14)18/h5-6,9-10H,7-8H2,1-2H3,(H,19,22). The van der Waals surface area contributed by atoms with Crippen molar-refractivity contribution in [3.8, 4) is 23.5 Å². The first-order valence-corrected chi connectivity index (χ1v) is 6.90. The number of halogens is 2. The smallest absolute Gasteiger partial charge is 0.259 e. The molecule has 0 atom stereocenters. The molecule has 0 saturated carbocycles. The zero-order valence-electron chi connectivity index (χ0n) is 13.1. The van der Waals surface area contributed by atoms with E-state index in [1.54, 1.807) is 7.05 Å². The molecule has 1 amide bonds. The third-order valence-electron chi connectivity index (χ3n) is 2.89. The van der Waals surface area contributed by atoms with Crippen LogP contribution >= 0.6 is 0 Å². The first kappa shape index (κ1) is 17.3. The van der Waals surface area contributed by atoms with Gasteiger partial charge in [0, 0.05) is 19.3 Å². The van der Waals surface area contributed by atoms with Gasteiger partial charge in [0.05, 0.1) is 13.7 Å². The van der Waals surface area contributed by atoms with Crippen molar-refractivity contribution in [2.75, 3.05) is 20.3 Å². The van der Waals surface area contributed by atoms with E-state index >= 15 is 0 Å². The van der Waals surface area contributed by atoms with Crippen LogP contribution in [-0.2, 0) is 7.05 Å². The second kappa shape index (κ2) is 7.97. The zero-order valence-corrected chi connectivity index (χ0v) is 13.1. The number of hydrogen-bond acceptors (Lipinski definition) is 4. The van der Waals surface area contributed by atoms with Gasteiger partial charge in [-0.3, -0.25) is 9.48 Å². The molecule has 1 aromatic heterocycles. The Bertz CT molecular complexity index is 794. The molecule has 0 aliphatic heterocycles. The van der Waals surface area contributed by atoms with Gasteiger partial charge in [-0.1, -0.05) is 11.8 Å². The minimum atomic E-state index is -0.797. The summed E-state index contributed by atoms with van der Waals surface area (Å²) in [5, 5.41) is 6.55. The van der Waals surface area contributed by atoms with E-state index in [9.17, 15) is 13.6 Å². The summed E-state index contributed by atoms with van der Waals surface area (Å²) >= 11 is 0. The summed E-state index contributed by atoms with van der Waals surface area (Å²) in [6, 6.07) is 3.00. The highest BCUT2D eigenvalue weighted by Gasteiger charge is 2.15. The van der Waals surface area contributed by atoms with Crippen LogP contribution in [0, 0.1) is 23.5 Å². The zero-order chi connectivity index (χ0) is 17.5. The molecule has 0 unspecified atom stereocenters. The number of ether oxygens (including phenoxy) is 2. The second-order valence-corrected chi connectivity index (χ2v) is 4.63. The van der Waals surface area contributed by atoms with E-state index in [2.05, 4.69) is 22.3 Å². The van der Waals surface area contributed by atoms with Crippen molar-refractivity contribution in [2.45, 2.75) is 0 Å². The minimum absolute atomic E-state index is 0.0755. The van der Waals surface area contributed by atoms with Gasteiger partial charge in [0.25, 0.3) is 5.91 Å². The first-order valence-electron chi connectivity index (χ1n) is 6.90. The predicted molar refractivity (Wildman–Crippen MR) is 81.7 cm³/mol. The first-order chi connectivity index (χ1) is 11.5. The van der Waals surface area contributed by atoms with Gasteiger partial charge in [-0.15, -0.1) is 5.10 Å². The number of amides is 1. The van der Waals surface area contributed by atoms with Crippen LogP contribution in [0.1, 0.15) is 10.4 Å². The number of aryl methyl sites for hydroxylation is 1. The highest BCUT2D eigenvalue weighted by Crippen LogP contribution is 2.17. The molecule has 126 valence electrons. The number of carbonyl (C=O) groups is 1. The molecule has 0 aliphatic carbocycles. The fourth-order valence-electron chi connectivity index (χ4n) is 1.81. The Balaban J connectivity index is 1.80. The van der Waals surface area contributed by atoms with Crippen LogP contribution in [0.15, 0.2) is 24.4 Å². The molecule has 0 bridgehead atoms. The van der Waals surface area contributed by atoms with E-state index in [0.717, 1.165) is 12.1 Å². The fourth-order valence-corrected chi connectivity index (χ4v) is 1.81. The van der Waals surface area contributed by atoms with E-state index in [4.69, 9.17) is 9.47 Å². The summed E-state index contributed by atoms with van der Waals surface area (Å²) in [5.41, 5.74) is 0.298. The molecular formula is C16H15F2N3O3. The molecule has 6 nitrogen and oxygen atoms in total. The molecule has 1 heterocycles. The van der Waals surface area contributed by atoms with Gasteiger partial charge in [-0.25, -0.2) is 8.78 Å². The van der Waals surface area contributed by atoms with Crippen LogP contribution in [0.3, 0.4) is 0 Å². The van der Waals surface area contributed by atoms with Crippen molar-refractivity contribution in [3.63, 3.8) is 0 Å². The largest absolute Gasteiger partial charge is 0.479 e. The lowest BCUT2D eigenvalue weighted by Gasteiger charge is -2.03. The summed E-state index contributed by atoms with van der Waals surface area (Å²) < 4.78 is 37.5. The summed E-state index contributed by atoms with van der Waals surface area (Å²) in [7, 11) is 3.09. The second-order valence-electron chi connectivity index (χ2n) is 4.63. The van der Waals surface area contributed by atoms with Gasteiger partial charge < -0.3 is 14.8 Å². The molecular weight excluding hydrogens is 320 g/mol. The minimum Gasteiger partial charge on any atom is -0.479 e. The van der Waals surface area contributed by atoms with Crippen LogP contribution in [0.5, 0.6) is 11.6 Å². The van der Waals surface area contributed by atoms with Crippen LogP contribution in [0.4, 0.5) is 8.78 Å². The van der Waals surface area contributed by atoms with Crippen molar-refractivity contribution in [2.24, 2.45) is 7.05 Å². The monoisotopic (exact) mass is 335 g/mol. The predicted octanol–water partition coefficient (Wildman–Crippen LogP) is 1.52. The summed E-state index contributed by atoms with van der Waals surface area (Å²) in [6.45, 7) is -0.0131. The number of nitrogens with one attached hydrogen (secondary N) is 1. The highest BCUT2D eigenvalue weighted by atomic mass is 19.1. The highest BCUT2D eigenvalue weighted by molar-refractivity contribution is 5.96. The molecule has 0 aliphatic rings. The van der Waals surface area contributed by atoms with Gasteiger partial charge in [0.1, 0.15) is 18.0 Å². The quantitative estimate of drug-likeness (QED) is 0.842. The third-order valence-corrected chi connectivity index (χ3v) is 2.89. The van der Waals surface area contributed by atoms with Crippen LogP contribution < -0.4 is 14.8 Å². The number of benzene rings is 1. The number of rotatable bonds is 5. The van der Waals surface area contributed by atoms with Crippen LogP contribution in [-0.4, -0.2) is 35.9 Å². The Morgan fingerprint density at radius 1 is 1.38 bits per heavy atom. The van der Waals surface area contributed by atoms with E-state index in [1.807, 2.05) is 0 Å². The van der Waals surface area contributed by atoms with Gasteiger partial charge >= 0.3 is 0 Å². The average molecular weight is 335 g/mol. The lowest BCUT2D eigenvalue weighted by atomic mass is 10.3. The molecule has 0 fully saturated rings. The van der Waals surface area contributed by atoms with E-state index in [0.29, 0.717) is 5.56 Å². The molecule has 2 aromatic rings. The Morgan fingerprint density at radius 2 is 2.17 bits per heavy atom. The van der Waals surface area contributed by atoms with Gasteiger partial charge in [-0.2, -0.15) is 0 Å². The fraction of sp³-hybridized carbons (Fsp3) is 0.250. The van der Waals surface area contributed by atoms with E-state index in [-0.39, 0.29) is 30.7 Å². The Morgan fingerprint density at radius 3 is 2.88 bits per heavy atom. The molecule has 1 N–H and O–H groups in total. The maximum Gasteiger partial charge on any atom is 0.259 e. The average Bonchev–Trinajstić information content (AvgIpc) is 2.93. The number of hydrogen-bond donors (Lipinski definition) is 1. The summed E-state index contributed by atoms with van der Waals surface area (Å²) in [5.74, 6) is 3.56. The Labute approximate surface area is 137 Å². The van der Waals surface area contributed by atoms with Gasteiger partial charge in [0.15, 0.2) is 11.6 Å². The van der Waals surface area contributed by atoms with Crippen molar-refractivity contribution in [1.82, 2.24) is 15.1 Å². The van der Waals surface area contributed by atoms with Crippen molar-refractivity contribution < 1.29 is 23.0 Å². The third kappa shape index (κ3) is 4.46. The molecule has 0 saturated heterocycles. The number of aromatic nitrogens is 2. The molecule has 1 aromatic carbocycles. The number of carbonyl (C=O) groups excluding carboxylic acids is 1.